The number of carbonyl (C=O) groups is 1. The van der Waals surface area contributed by atoms with Crippen molar-refractivity contribution in [2.75, 3.05) is 14.2 Å². The number of allylic oxidation sites excluding steroid dienone is 1. The topological polar surface area (TPSA) is 35.5 Å². The fourth-order valence-corrected chi connectivity index (χ4v) is 4.31. The Morgan fingerprint density at radius 3 is 2.94 bits per heavy atom. The van der Waals surface area contributed by atoms with Crippen LogP contribution in [-0.4, -0.2) is 20.2 Å². The van der Waals surface area contributed by atoms with Gasteiger partial charge in [-0.1, -0.05) is 0 Å². The molecule has 0 aromatic carbocycles. The highest BCUT2D eigenvalue weighted by Crippen LogP contribution is 2.66. The lowest BCUT2D eigenvalue weighted by Gasteiger charge is -2.50. The van der Waals surface area contributed by atoms with E-state index in [0.29, 0.717) is 11.8 Å². The van der Waals surface area contributed by atoms with Gasteiger partial charge in [-0.2, -0.15) is 0 Å². The van der Waals surface area contributed by atoms with Crippen molar-refractivity contribution < 1.29 is 14.3 Å². The molecule has 4 atom stereocenters. The fourth-order valence-electron chi connectivity index (χ4n) is 4.31. The van der Waals surface area contributed by atoms with Crippen LogP contribution in [0.15, 0.2) is 11.8 Å². The van der Waals surface area contributed by atoms with Crippen LogP contribution < -0.4 is 0 Å². The summed E-state index contributed by atoms with van der Waals surface area (Å²) in [5.74, 6) is 2.67. The summed E-state index contributed by atoms with van der Waals surface area (Å²) in [4.78, 5) is 12.2. The highest BCUT2D eigenvalue weighted by molar-refractivity contribution is 5.81. The van der Waals surface area contributed by atoms with Crippen molar-refractivity contribution in [3.63, 3.8) is 0 Å². The van der Waals surface area contributed by atoms with Crippen LogP contribution in [0.2, 0.25) is 0 Å². The zero-order valence-corrected chi connectivity index (χ0v) is 9.86. The molecule has 0 aromatic rings. The maximum Gasteiger partial charge on any atom is 0.319 e. The zero-order chi connectivity index (χ0) is 11.3. The quantitative estimate of drug-likeness (QED) is 0.671. The predicted octanol–water partition coefficient (Wildman–Crippen LogP) is 2.13. The van der Waals surface area contributed by atoms with E-state index in [4.69, 9.17) is 9.47 Å². The van der Waals surface area contributed by atoms with Crippen molar-refractivity contribution in [3.8, 4) is 0 Å². The molecule has 0 aromatic heterocycles. The van der Waals surface area contributed by atoms with Crippen LogP contribution in [0, 0.1) is 23.2 Å². The van der Waals surface area contributed by atoms with Crippen LogP contribution in [0.25, 0.3) is 0 Å². The van der Waals surface area contributed by atoms with Crippen LogP contribution in [-0.2, 0) is 14.3 Å². The number of ether oxygens (including phenoxy) is 2. The third kappa shape index (κ3) is 0.969. The molecule has 3 heteroatoms. The van der Waals surface area contributed by atoms with Crippen molar-refractivity contribution in [2.45, 2.75) is 25.7 Å². The Labute approximate surface area is 95.8 Å². The normalized spacial score (nSPS) is 44.1. The minimum atomic E-state index is -0.435. The van der Waals surface area contributed by atoms with Gasteiger partial charge in [0.05, 0.1) is 14.2 Å². The van der Waals surface area contributed by atoms with Gasteiger partial charge in [0.15, 0.2) is 0 Å². The third-order valence-corrected chi connectivity index (χ3v) is 4.91. The fraction of sp³-hybridized carbons (Fsp3) is 0.769. The first-order valence-corrected chi connectivity index (χ1v) is 6.07. The minimum Gasteiger partial charge on any atom is -0.500 e. The largest absolute Gasteiger partial charge is 0.500 e. The average Bonchev–Trinajstić information content (AvgIpc) is 2.63. The highest BCUT2D eigenvalue weighted by Gasteiger charge is 2.65. The Morgan fingerprint density at radius 2 is 2.25 bits per heavy atom. The molecule has 0 N–H and O–H groups in total. The lowest BCUT2D eigenvalue weighted by atomic mass is 9.54. The number of rotatable bonds is 2. The van der Waals surface area contributed by atoms with Crippen molar-refractivity contribution in [1.29, 1.82) is 0 Å². The summed E-state index contributed by atoms with van der Waals surface area (Å²) in [5, 5.41) is 0. The maximum atomic E-state index is 12.2. The molecule has 0 aliphatic heterocycles. The van der Waals surface area contributed by atoms with E-state index in [2.05, 4.69) is 6.08 Å². The molecular formula is C13H18O3. The summed E-state index contributed by atoms with van der Waals surface area (Å²) < 4.78 is 10.5. The molecule has 2 fully saturated rings. The summed E-state index contributed by atoms with van der Waals surface area (Å²) in [6, 6.07) is 0. The minimum absolute atomic E-state index is 0.0856. The molecule has 16 heavy (non-hydrogen) atoms. The molecule has 2 saturated carbocycles. The van der Waals surface area contributed by atoms with Gasteiger partial charge in [0.2, 0.25) is 0 Å². The van der Waals surface area contributed by atoms with Crippen LogP contribution in [0.1, 0.15) is 25.7 Å². The number of esters is 1. The van der Waals surface area contributed by atoms with Crippen molar-refractivity contribution in [2.24, 2.45) is 23.2 Å². The Kier molecular flexibility index (Phi) is 2.07. The lowest BCUT2D eigenvalue weighted by Crippen LogP contribution is -2.50. The number of hydrogen-bond acceptors (Lipinski definition) is 3. The van der Waals surface area contributed by atoms with Crippen molar-refractivity contribution in [1.82, 2.24) is 0 Å². The summed E-state index contributed by atoms with van der Waals surface area (Å²) in [6.07, 6.45) is 6.53. The Balaban J connectivity index is 2.06. The van der Waals surface area contributed by atoms with Crippen LogP contribution in [0.4, 0.5) is 0 Å². The highest BCUT2D eigenvalue weighted by atomic mass is 16.5. The molecular weight excluding hydrogens is 204 g/mol. The first-order chi connectivity index (χ1) is 7.74. The number of carbonyl (C=O) groups excluding carboxylic acids is 1. The van der Waals surface area contributed by atoms with Gasteiger partial charge in [-0.3, -0.25) is 4.79 Å². The van der Waals surface area contributed by atoms with E-state index in [1.54, 1.807) is 7.11 Å². The first-order valence-electron chi connectivity index (χ1n) is 6.07. The molecule has 88 valence electrons. The maximum absolute atomic E-state index is 12.2. The van der Waals surface area contributed by atoms with E-state index in [1.807, 2.05) is 0 Å². The van der Waals surface area contributed by atoms with Crippen LogP contribution in [0.3, 0.4) is 0 Å². The second-order valence-electron chi connectivity index (χ2n) is 5.29. The van der Waals surface area contributed by atoms with E-state index in [9.17, 15) is 4.79 Å². The van der Waals surface area contributed by atoms with Gasteiger partial charge >= 0.3 is 5.97 Å². The standard InChI is InChI=1S/C13H18O3/c1-15-10-4-3-8-7-9-5-6-13(10,11(8)9)12(14)16-2/h4,8-9,11H,3,5-7H2,1-2H3/t8-,9+,11-,13+/m1/s1. The van der Waals surface area contributed by atoms with Gasteiger partial charge in [-0.25, -0.2) is 0 Å². The molecule has 0 saturated heterocycles. The van der Waals surface area contributed by atoms with Gasteiger partial charge in [-0.05, 0) is 49.5 Å². The molecule has 0 heterocycles. The predicted molar refractivity (Wildman–Crippen MR) is 58.5 cm³/mol. The van der Waals surface area contributed by atoms with E-state index < -0.39 is 5.41 Å². The molecule has 0 spiro atoms. The van der Waals surface area contributed by atoms with E-state index >= 15 is 0 Å². The summed E-state index contributed by atoms with van der Waals surface area (Å²) >= 11 is 0. The average molecular weight is 222 g/mol. The Hall–Kier alpha value is -0.990. The van der Waals surface area contributed by atoms with Crippen LogP contribution >= 0.6 is 0 Å². The molecule has 0 unspecified atom stereocenters. The molecule has 3 rings (SSSR count). The summed E-state index contributed by atoms with van der Waals surface area (Å²) in [7, 11) is 3.16. The molecule has 3 aliphatic carbocycles. The van der Waals surface area contributed by atoms with E-state index in [0.717, 1.165) is 30.9 Å². The SMILES string of the molecule is COC(=O)[C@@]12CC[C@H]3C[C@@H](CC=C1OC)[C@H]32. The molecule has 0 amide bonds. The first kappa shape index (κ1) is 10.2. The third-order valence-electron chi connectivity index (χ3n) is 4.91. The molecule has 3 aliphatic rings. The van der Waals surface area contributed by atoms with Gasteiger partial charge in [-0.15, -0.1) is 0 Å². The Bertz CT molecular complexity index is 360. The second-order valence-corrected chi connectivity index (χ2v) is 5.29. The molecule has 3 nitrogen and oxygen atoms in total. The monoisotopic (exact) mass is 222 g/mol. The van der Waals surface area contributed by atoms with Gasteiger partial charge in [0.25, 0.3) is 0 Å². The summed E-state index contributed by atoms with van der Waals surface area (Å²) in [6.45, 7) is 0. The van der Waals surface area contributed by atoms with Crippen molar-refractivity contribution >= 4 is 5.97 Å². The smallest absolute Gasteiger partial charge is 0.319 e. The Morgan fingerprint density at radius 1 is 1.44 bits per heavy atom. The molecule has 0 radical (unpaired) electrons. The van der Waals surface area contributed by atoms with Gasteiger partial charge in [0.1, 0.15) is 11.2 Å². The van der Waals surface area contributed by atoms with E-state index in [-0.39, 0.29) is 5.97 Å². The van der Waals surface area contributed by atoms with Crippen molar-refractivity contribution in [3.05, 3.63) is 11.8 Å². The lowest BCUT2D eigenvalue weighted by molar-refractivity contribution is -0.161. The molecule has 0 bridgehead atoms. The zero-order valence-electron chi connectivity index (χ0n) is 9.86. The van der Waals surface area contributed by atoms with Gasteiger partial charge < -0.3 is 9.47 Å². The summed E-state index contributed by atoms with van der Waals surface area (Å²) in [5.41, 5.74) is -0.435. The van der Waals surface area contributed by atoms with E-state index in [1.165, 1.54) is 13.5 Å². The number of methoxy groups -OCH3 is 2. The van der Waals surface area contributed by atoms with Crippen LogP contribution in [0.5, 0.6) is 0 Å². The second kappa shape index (κ2) is 3.25. The van der Waals surface area contributed by atoms with Gasteiger partial charge in [0, 0.05) is 0 Å². The number of hydrogen-bond donors (Lipinski definition) is 0.